The van der Waals surface area contributed by atoms with Crippen LogP contribution in [0.5, 0.6) is 0 Å². The maximum absolute atomic E-state index is 3.30. The molecular formula is C17H22N2S. The summed E-state index contributed by atoms with van der Waals surface area (Å²) in [5.41, 5.74) is 2.92. The van der Waals surface area contributed by atoms with Crippen molar-refractivity contribution in [3.8, 4) is 0 Å². The van der Waals surface area contributed by atoms with E-state index < -0.39 is 0 Å². The Labute approximate surface area is 125 Å². The third kappa shape index (κ3) is 2.48. The average molecular weight is 286 g/mol. The summed E-state index contributed by atoms with van der Waals surface area (Å²) in [5.74, 6) is 0. The third-order valence-electron chi connectivity index (χ3n) is 4.14. The van der Waals surface area contributed by atoms with Gasteiger partial charge in [-0.1, -0.05) is 24.3 Å². The summed E-state index contributed by atoms with van der Waals surface area (Å²) in [5, 5.41) is 5.49. The summed E-state index contributed by atoms with van der Waals surface area (Å²) in [6.07, 6.45) is 2.31. The Balaban J connectivity index is 1.94. The fourth-order valence-corrected chi connectivity index (χ4v) is 4.10. The predicted molar refractivity (Wildman–Crippen MR) is 87.7 cm³/mol. The summed E-state index contributed by atoms with van der Waals surface area (Å²) >= 11 is 1.88. The first kappa shape index (κ1) is 13.7. The standard InChI is InChI=1S/C17H22N2S/c1-13-12-14-6-3-4-7-15(14)19(13)16(9-10-18-2)17-8-5-11-20-17/h3-8,11,13,16,18H,9-10,12H2,1-2H3/t13-,16-/m0/s1. The number of nitrogens with one attached hydrogen (secondary N) is 1. The van der Waals surface area contributed by atoms with Crippen LogP contribution >= 0.6 is 11.3 Å². The quantitative estimate of drug-likeness (QED) is 0.898. The molecule has 106 valence electrons. The zero-order chi connectivity index (χ0) is 13.9. The molecule has 0 amide bonds. The molecule has 0 unspecified atom stereocenters. The molecule has 2 nitrogen and oxygen atoms in total. The molecular weight excluding hydrogens is 264 g/mol. The zero-order valence-electron chi connectivity index (χ0n) is 12.2. The van der Waals surface area contributed by atoms with Crippen molar-refractivity contribution in [1.82, 2.24) is 5.32 Å². The summed E-state index contributed by atoms with van der Waals surface area (Å²) in [4.78, 5) is 4.10. The zero-order valence-corrected chi connectivity index (χ0v) is 13.0. The molecule has 0 radical (unpaired) electrons. The van der Waals surface area contributed by atoms with Gasteiger partial charge in [0.15, 0.2) is 0 Å². The van der Waals surface area contributed by atoms with Gasteiger partial charge < -0.3 is 10.2 Å². The Morgan fingerprint density at radius 2 is 2.15 bits per heavy atom. The second-order valence-corrected chi connectivity index (χ2v) is 6.49. The maximum atomic E-state index is 3.30. The predicted octanol–water partition coefficient (Wildman–Crippen LogP) is 3.85. The van der Waals surface area contributed by atoms with Crippen LogP contribution in [0.1, 0.15) is 29.8 Å². The Kier molecular flexibility index (Phi) is 4.08. The van der Waals surface area contributed by atoms with Gasteiger partial charge in [0, 0.05) is 16.6 Å². The first-order valence-electron chi connectivity index (χ1n) is 7.35. The van der Waals surface area contributed by atoms with Gasteiger partial charge in [0.05, 0.1) is 6.04 Å². The van der Waals surface area contributed by atoms with E-state index in [9.17, 15) is 0 Å². The smallest absolute Gasteiger partial charge is 0.0650 e. The molecule has 3 rings (SSSR count). The number of thiophene rings is 1. The van der Waals surface area contributed by atoms with E-state index in [0.717, 1.165) is 19.4 Å². The molecule has 0 aliphatic carbocycles. The van der Waals surface area contributed by atoms with E-state index in [1.807, 2.05) is 18.4 Å². The molecule has 1 aliphatic rings. The average Bonchev–Trinajstić information content (AvgIpc) is 3.08. The van der Waals surface area contributed by atoms with Gasteiger partial charge in [0.25, 0.3) is 0 Å². The van der Waals surface area contributed by atoms with Crippen LogP contribution in [-0.2, 0) is 6.42 Å². The highest BCUT2D eigenvalue weighted by molar-refractivity contribution is 7.10. The van der Waals surface area contributed by atoms with E-state index in [1.165, 1.54) is 16.1 Å². The lowest BCUT2D eigenvalue weighted by molar-refractivity contribution is 0.526. The van der Waals surface area contributed by atoms with E-state index in [-0.39, 0.29) is 0 Å². The minimum atomic E-state index is 0.487. The second-order valence-electron chi connectivity index (χ2n) is 5.51. The molecule has 20 heavy (non-hydrogen) atoms. The lowest BCUT2D eigenvalue weighted by Gasteiger charge is -2.34. The van der Waals surface area contributed by atoms with Crippen LogP contribution in [0, 0.1) is 0 Å². The Hall–Kier alpha value is -1.32. The van der Waals surface area contributed by atoms with Crippen molar-refractivity contribution in [3.05, 3.63) is 52.2 Å². The molecule has 0 spiro atoms. The largest absolute Gasteiger partial charge is 0.360 e. The second kappa shape index (κ2) is 5.98. The minimum Gasteiger partial charge on any atom is -0.360 e. The van der Waals surface area contributed by atoms with E-state index in [0.29, 0.717) is 12.1 Å². The van der Waals surface area contributed by atoms with Crippen LogP contribution < -0.4 is 10.2 Å². The fourth-order valence-electron chi connectivity index (χ4n) is 3.24. The number of anilines is 1. The number of fused-ring (bicyclic) bond motifs is 1. The van der Waals surface area contributed by atoms with Gasteiger partial charge in [-0.2, -0.15) is 0 Å². The lowest BCUT2D eigenvalue weighted by Crippen LogP contribution is -2.34. The van der Waals surface area contributed by atoms with Crippen molar-refractivity contribution in [2.45, 2.75) is 31.8 Å². The Morgan fingerprint density at radius 1 is 1.30 bits per heavy atom. The third-order valence-corrected chi connectivity index (χ3v) is 5.11. The molecule has 2 atom stereocenters. The van der Waals surface area contributed by atoms with Crippen molar-refractivity contribution in [2.75, 3.05) is 18.5 Å². The van der Waals surface area contributed by atoms with Gasteiger partial charge in [-0.15, -0.1) is 11.3 Å². The number of hydrogen-bond donors (Lipinski definition) is 1. The first-order valence-corrected chi connectivity index (χ1v) is 8.23. The molecule has 1 aliphatic heterocycles. The van der Waals surface area contributed by atoms with Gasteiger partial charge in [0.2, 0.25) is 0 Å². The van der Waals surface area contributed by atoms with Crippen LogP contribution in [0.25, 0.3) is 0 Å². The minimum absolute atomic E-state index is 0.487. The molecule has 0 saturated heterocycles. The topological polar surface area (TPSA) is 15.3 Å². The summed E-state index contributed by atoms with van der Waals surface area (Å²) < 4.78 is 0. The highest BCUT2D eigenvalue weighted by Gasteiger charge is 2.32. The van der Waals surface area contributed by atoms with Gasteiger partial charge >= 0.3 is 0 Å². The number of nitrogens with zero attached hydrogens (tertiary/aromatic N) is 1. The molecule has 2 aromatic rings. The van der Waals surface area contributed by atoms with Gasteiger partial charge in [-0.25, -0.2) is 0 Å². The highest BCUT2D eigenvalue weighted by Crippen LogP contribution is 2.40. The van der Waals surface area contributed by atoms with Crippen LogP contribution in [-0.4, -0.2) is 19.6 Å². The highest BCUT2D eigenvalue weighted by atomic mass is 32.1. The van der Waals surface area contributed by atoms with Crippen LogP contribution in [0.4, 0.5) is 5.69 Å². The van der Waals surface area contributed by atoms with Crippen molar-refractivity contribution in [1.29, 1.82) is 0 Å². The normalized spacial score (nSPS) is 19.1. The summed E-state index contributed by atoms with van der Waals surface area (Å²) in [6.45, 7) is 3.40. The lowest BCUT2D eigenvalue weighted by atomic mass is 10.1. The summed E-state index contributed by atoms with van der Waals surface area (Å²) in [6, 6.07) is 14.4. The Morgan fingerprint density at radius 3 is 2.90 bits per heavy atom. The van der Waals surface area contributed by atoms with Crippen LogP contribution in [0.15, 0.2) is 41.8 Å². The molecule has 2 heterocycles. The maximum Gasteiger partial charge on any atom is 0.0650 e. The molecule has 1 N–H and O–H groups in total. The molecule has 1 aromatic carbocycles. The Bertz CT molecular complexity index is 550. The molecule has 0 fully saturated rings. The fraction of sp³-hybridized carbons (Fsp3) is 0.412. The van der Waals surface area contributed by atoms with Crippen molar-refractivity contribution in [2.24, 2.45) is 0 Å². The summed E-state index contributed by atoms with van der Waals surface area (Å²) in [7, 11) is 2.03. The van der Waals surface area contributed by atoms with Crippen LogP contribution in [0.3, 0.4) is 0 Å². The first-order chi connectivity index (χ1) is 9.81. The molecule has 3 heteroatoms. The monoisotopic (exact) mass is 286 g/mol. The van der Waals surface area contributed by atoms with Gasteiger partial charge in [-0.05, 0) is 56.4 Å². The molecule has 0 saturated carbocycles. The van der Waals surface area contributed by atoms with Crippen molar-refractivity contribution < 1.29 is 0 Å². The van der Waals surface area contributed by atoms with E-state index in [4.69, 9.17) is 0 Å². The number of benzene rings is 1. The molecule has 1 aromatic heterocycles. The van der Waals surface area contributed by atoms with Crippen LogP contribution in [0.2, 0.25) is 0 Å². The number of rotatable bonds is 5. The SMILES string of the molecule is CNCC[C@@H](c1cccs1)N1c2ccccc2C[C@@H]1C. The van der Waals surface area contributed by atoms with Crippen molar-refractivity contribution >= 4 is 17.0 Å². The van der Waals surface area contributed by atoms with Gasteiger partial charge in [-0.3, -0.25) is 0 Å². The van der Waals surface area contributed by atoms with E-state index >= 15 is 0 Å². The number of para-hydroxylation sites is 1. The van der Waals surface area contributed by atoms with Crippen molar-refractivity contribution in [3.63, 3.8) is 0 Å². The van der Waals surface area contributed by atoms with Gasteiger partial charge in [0.1, 0.15) is 0 Å². The number of hydrogen-bond acceptors (Lipinski definition) is 3. The molecule has 0 bridgehead atoms. The van der Waals surface area contributed by atoms with E-state index in [2.05, 4.69) is 58.9 Å². The van der Waals surface area contributed by atoms with E-state index in [1.54, 1.807) is 0 Å².